The molecule has 0 spiro atoms. The number of aromatic amines is 1. The van der Waals surface area contributed by atoms with Crippen LogP contribution in [0.5, 0.6) is 11.5 Å². The number of H-pyrrole nitrogens is 1. The normalized spacial score (nSPS) is 20.5. The molecule has 1 aromatic carbocycles. The first kappa shape index (κ1) is 16.8. The molecular weight excluding hydrogens is 360 g/mol. The van der Waals surface area contributed by atoms with E-state index in [0.717, 1.165) is 23.2 Å². The SMILES string of the molecule is Cn1cc([C@H]2CNC[C@@H]2C(=O)Nc2[nH]ncc2-c2ccc3c(c2)OCO3)cn1. The van der Waals surface area contributed by atoms with Gasteiger partial charge in [0, 0.05) is 37.8 Å². The molecule has 2 aliphatic heterocycles. The first-order chi connectivity index (χ1) is 13.7. The molecule has 1 saturated heterocycles. The van der Waals surface area contributed by atoms with Gasteiger partial charge < -0.3 is 20.1 Å². The summed E-state index contributed by atoms with van der Waals surface area (Å²) in [6.07, 6.45) is 5.48. The van der Waals surface area contributed by atoms with Gasteiger partial charge in [0.05, 0.1) is 18.3 Å². The largest absolute Gasteiger partial charge is 0.454 e. The Morgan fingerprint density at radius 2 is 2.14 bits per heavy atom. The molecule has 3 aromatic rings. The van der Waals surface area contributed by atoms with E-state index in [-0.39, 0.29) is 24.5 Å². The summed E-state index contributed by atoms with van der Waals surface area (Å²) >= 11 is 0. The predicted octanol–water partition coefficient (Wildman–Crippen LogP) is 1.48. The van der Waals surface area contributed by atoms with Crippen LogP contribution in [0.4, 0.5) is 5.82 Å². The van der Waals surface area contributed by atoms with Crippen LogP contribution in [0, 0.1) is 5.92 Å². The van der Waals surface area contributed by atoms with Crippen LogP contribution >= 0.6 is 0 Å². The van der Waals surface area contributed by atoms with Crippen LogP contribution in [0.25, 0.3) is 11.1 Å². The number of hydrogen-bond donors (Lipinski definition) is 3. The van der Waals surface area contributed by atoms with Crippen LogP contribution in [0.3, 0.4) is 0 Å². The summed E-state index contributed by atoms with van der Waals surface area (Å²) < 4.78 is 12.6. The number of nitrogens with one attached hydrogen (secondary N) is 3. The standard InChI is InChI=1S/C19H20N6O3/c1-25-9-12(5-22-25)13-6-20-7-15(13)19(26)23-18-14(8-21-24-18)11-2-3-16-17(4-11)28-10-27-16/h2-5,8-9,13,15,20H,6-7,10H2,1H3,(H2,21,23,24,26)/t13-,15+/m1/s1. The molecule has 2 aliphatic rings. The summed E-state index contributed by atoms with van der Waals surface area (Å²) in [5.74, 6) is 1.83. The van der Waals surface area contributed by atoms with Gasteiger partial charge in [0.2, 0.25) is 12.7 Å². The summed E-state index contributed by atoms with van der Waals surface area (Å²) in [4.78, 5) is 13.0. The molecule has 0 radical (unpaired) electrons. The lowest BCUT2D eigenvalue weighted by Crippen LogP contribution is -2.28. The maximum atomic E-state index is 13.0. The number of carbonyl (C=O) groups is 1. The maximum Gasteiger partial charge on any atom is 0.231 e. The van der Waals surface area contributed by atoms with Crippen molar-refractivity contribution in [2.45, 2.75) is 5.92 Å². The molecule has 9 nitrogen and oxygen atoms in total. The smallest absolute Gasteiger partial charge is 0.231 e. The molecule has 9 heteroatoms. The van der Waals surface area contributed by atoms with E-state index in [4.69, 9.17) is 9.47 Å². The topological polar surface area (TPSA) is 106 Å². The van der Waals surface area contributed by atoms with E-state index in [1.54, 1.807) is 10.9 Å². The minimum absolute atomic E-state index is 0.0508. The highest BCUT2D eigenvalue weighted by Gasteiger charge is 2.35. The van der Waals surface area contributed by atoms with E-state index in [0.29, 0.717) is 23.9 Å². The highest BCUT2D eigenvalue weighted by atomic mass is 16.7. The minimum Gasteiger partial charge on any atom is -0.454 e. The zero-order valence-electron chi connectivity index (χ0n) is 15.3. The molecule has 5 rings (SSSR count). The average molecular weight is 380 g/mol. The summed E-state index contributed by atoms with van der Waals surface area (Å²) in [5, 5.41) is 17.6. The lowest BCUT2D eigenvalue weighted by molar-refractivity contribution is -0.119. The molecule has 0 unspecified atom stereocenters. The summed E-state index contributed by atoms with van der Waals surface area (Å²) in [6, 6.07) is 5.66. The molecule has 1 amide bonds. The predicted molar refractivity (Wildman–Crippen MR) is 101 cm³/mol. The first-order valence-electron chi connectivity index (χ1n) is 9.12. The molecule has 0 aliphatic carbocycles. The molecule has 28 heavy (non-hydrogen) atoms. The number of amides is 1. The quantitative estimate of drug-likeness (QED) is 0.633. The molecule has 4 heterocycles. The third kappa shape index (κ3) is 2.89. The number of carbonyl (C=O) groups excluding carboxylic acids is 1. The molecule has 144 valence electrons. The van der Waals surface area contributed by atoms with Crippen LogP contribution in [0.15, 0.2) is 36.8 Å². The number of rotatable bonds is 4. The molecule has 1 fully saturated rings. The molecular formula is C19H20N6O3. The number of anilines is 1. The van der Waals surface area contributed by atoms with Crippen molar-refractivity contribution >= 4 is 11.7 Å². The lowest BCUT2D eigenvalue weighted by Gasteiger charge is -2.17. The van der Waals surface area contributed by atoms with Crippen LogP contribution < -0.4 is 20.1 Å². The number of benzene rings is 1. The number of ether oxygens (including phenoxy) is 2. The zero-order valence-corrected chi connectivity index (χ0v) is 15.3. The van der Waals surface area contributed by atoms with Gasteiger partial charge in [-0.25, -0.2) is 0 Å². The Hall–Kier alpha value is -3.33. The van der Waals surface area contributed by atoms with E-state index >= 15 is 0 Å². The van der Waals surface area contributed by atoms with Crippen LogP contribution in [-0.4, -0.2) is 45.8 Å². The minimum atomic E-state index is -0.183. The highest BCUT2D eigenvalue weighted by molar-refractivity contribution is 5.96. The lowest BCUT2D eigenvalue weighted by atomic mass is 9.90. The highest BCUT2D eigenvalue weighted by Crippen LogP contribution is 2.38. The molecule has 2 atom stereocenters. The summed E-state index contributed by atoms with van der Waals surface area (Å²) in [7, 11) is 1.88. The first-order valence-corrected chi connectivity index (χ1v) is 9.12. The Balaban J connectivity index is 1.37. The molecule has 0 saturated carbocycles. The summed E-state index contributed by atoms with van der Waals surface area (Å²) in [5.41, 5.74) is 2.76. The van der Waals surface area contributed by atoms with E-state index in [1.165, 1.54) is 0 Å². The van der Waals surface area contributed by atoms with E-state index in [9.17, 15) is 4.79 Å². The van der Waals surface area contributed by atoms with Gasteiger partial charge in [-0.05, 0) is 23.3 Å². The second-order valence-corrected chi connectivity index (χ2v) is 7.03. The Kier molecular flexibility index (Phi) is 4.01. The number of nitrogens with zero attached hydrogens (tertiary/aromatic N) is 3. The van der Waals surface area contributed by atoms with Gasteiger partial charge in [0.25, 0.3) is 0 Å². The van der Waals surface area contributed by atoms with Crippen LogP contribution in [-0.2, 0) is 11.8 Å². The van der Waals surface area contributed by atoms with E-state index in [2.05, 4.69) is 25.9 Å². The van der Waals surface area contributed by atoms with Crippen molar-refractivity contribution < 1.29 is 14.3 Å². The fraction of sp³-hybridized carbons (Fsp3) is 0.316. The van der Waals surface area contributed by atoms with Gasteiger partial charge in [-0.15, -0.1) is 0 Å². The van der Waals surface area contributed by atoms with Crippen molar-refractivity contribution in [3.8, 4) is 22.6 Å². The van der Waals surface area contributed by atoms with Crippen molar-refractivity contribution in [3.05, 3.63) is 42.4 Å². The van der Waals surface area contributed by atoms with Crippen molar-refractivity contribution in [3.63, 3.8) is 0 Å². The van der Waals surface area contributed by atoms with Gasteiger partial charge in [-0.1, -0.05) is 6.07 Å². The Labute approximate surface area is 161 Å². The van der Waals surface area contributed by atoms with Gasteiger partial charge in [0.15, 0.2) is 11.5 Å². The second kappa shape index (κ2) is 6.68. The van der Waals surface area contributed by atoms with Gasteiger partial charge in [-0.3, -0.25) is 14.6 Å². The molecule has 3 N–H and O–H groups in total. The van der Waals surface area contributed by atoms with E-state index in [1.807, 2.05) is 37.6 Å². The molecule has 0 bridgehead atoms. The van der Waals surface area contributed by atoms with Gasteiger partial charge in [-0.2, -0.15) is 10.2 Å². The second-order valence-electron chi connectivity index (χ2n) is 7.03. The Morgan fingerprint density at radius 1 is 1.25 bits per heavy atom. The zero-order chi connectivity index (χ0) is 19.1. The average Bonchev–Trinajstić information content (AvgIpc) is 3.47. The fourth-order valence-corrected chi connectivity index (χ4v) is 3.82. The van der Waals surface area contributed by atoms with Crippen molar-refractivity contribution in [2.24, 2.45) is 13.0 Å². The summed E-state index contributed by atoms with van der Waals surface area (Å²) in [6.45, 7) is 1.60. The Morgan fingerprint density at radius 3 is 3.00 bits per heavy atom. The third-order valence-corrected chi connectivity index (χ3v) is 5.28. The van der Waals surface area contributed by atoms with Gasteiger partial charge in [0.1, 0.15) is 5.82 Å². The van der Waals surface area contributed by atoms with Gasteiger partial charge >= 0.3 is 0 Å². The third-order valence-electron chi connectivity index (χ3n) is 5.28. The Bertz CT molecular complexity index is 1030. The number of fused-ring (bicyclic) bond motifs is 1. The number of aryl methyl sites for hydroxylation is 1. The van der Waals surface area contributed by atoms with Crippen molar-refractivity contribution in [1.29, 1.82) is 0 Å². The fourth-order valence-electron chi connectivity index (χ4n) is 3.82. The number of hydrogen-bond acceptors (Lipinski definition) is 6. The van der Waals surface area contributed by atoms with Crippen molar-refractivity contribution in [1.82, 2.24) is 25.3 Å². The van der Waals surface area contributed by atoms with Crippen LogP contribution in [0.2, 0.25) is 0 Å². The van der Waals surface area contributed by atoms with Crippen molar-refractivity contribution in [2.75, 3.05) is 25.2 Å². The van der Waals surface area contributed by atoms with Crippen LogP contribution in [0.1, 0.15) is 11.5 Å². The molecule has 2 aromatic heterocycles. The number of aromatic nitrogens is 4. The maximum absolute atomic E-state index is 13.0. The monoisotopic (exact) mass is 380 g/mol. The van der Waals surface area contributed by atoms with E-state index < -0.39 is 0 Å².